The highest BCUT2D eigenvalue weighted by Crippen LogP contribution is 2.31. The second kappa shape index (κ2) is 8.94. The van der Waals surface area contributed by atoms with Gasteiger partial charge in [-0.25, -0.2) is 13.2 Å². The number of anilines is 1. The van der Waals surface area contributed by atoms with Gasteiger partial charge < -0.3 is 14.3 Å². The normalized spacial score (nSPS) is 11.1. The minimum absolute atomic E-state index is 0.00479. The zero-order chi connectivity index (χ0) is 22.6. The summed E-state index contributed by atoms with van der Waals surface area (Å²) in [6, 6.07) is 23.0. The number of oxazole rings is 1. The van der Waals surface area contributed by atoms with Crippen LogP contribution in [0.2, 0.25) is 0 Å². The maximum absolute atomic E-state index is 12.8. The average molecular weight is 450 g/mol. The van der Waals surface area contributed by atoms with Crippen LogP contribution in [0.25, 0.3) is 11.3 Å². The quantitative estimate of drug-likeness (QED) is 0.408. The van der Waals surface area contributed by atoms with Crippen molar-refractivity contribution in [3.63, 3.8) is 0 Å². The lowest BCUT2D eigenvalue weighted by molar-refractivity contribution is 0.0691. The van der Waals surface area contributed by atoms with Gasteiger partial charge in [0.25, 0.3) is 10.0 Å². The molecule has 0 fully saturated rings. The van der Waals surface area contributed by atoms with E-state index in [-0.39, 0.29) is 40.3 Å². The summed E-state index contributed by atoms with van der Waals surface area (Å²) in [4.78, 5) is 15.7. The van der Waals surface area contributed by atoms with E-state index in [0.29, 0.717) is 5.56 Å². The lowest BCUT2D eigenvalue weighted by Crippen LogP contribution is -2.13. The monoisotopic (exact) mass is 450 g/mol. The lowest BCUT2D eigenvalue weighted by atomic mass is 10.2. The molecule has 9 heteroatoms. The van der Waals surface area contributed by atoms with Crippen molar-refractivity contribution in [2.24, 2.45) is 0 Å². The minimum Gasteiger partial charge on any atom is -0.483 e. The summed E-state index contributed by atoms with van der Waals surface area (Å²) in [5.74, 6) is -0.685. The molecule has 0 aliphatic carbocycles. The van der Waals surface area contributed by atoms with E-state index < -0.39 is 16.0 Å². The zero-order valence-electron chi connectivity index (χ0n) is 16.6. The van der Waals surface area contributed by atoms with Crippen LogP contribution in [0.1, 0.15) is 16.2 Å². The number of nitrogens with one attached hydrogen (secondary N) is 1. The first kappa shape index (κ1) is 21.1. The first-order valence-electron chi connectivity index (χ1n) is 9.52. The van der Waals surface area contributed by atoms with Crippen molar-refractivity contribution in [3.8, 4) is 17.1 Å². The number of benzene rings is 3. The predicted octanol–water partition coefficient (Wildman–Crippen LogP) is 4.42. The Hall–Kier alpha value is -4.11. The van der Waals surface area contributed by atoms with Gasteiger partial charge >= 0.3 is 5.97 Å². The highest BCUT2D eigenvalue weighted by atomic mass is 32.2. The number of aromatic nitrogens is 1. The summed E-state index contributed by atoms with van der Waals surface area (Å²) in [6.45, 7) is -0.197. The van der Waals surface area contributed by atoms with Crippen LogP contribution in [0.5, 0.6) is 5.75 Å². The number of para-hydroxylation sites is 1. The summed E-state index contributed by atoms with van der Waals surface area (Å²) >= 11 is 0. The molecular formula is C23H18N2O6S. The molecule has 4 aromatic rings. The number of rotatable bonds is 8. The molecule has 1 heterocycles. The molecule has 32 heavy (non-hydrogen) atoms. The minimum atomic E-state index is -3.91. The summed E-state index contributed by atoms with van der Waals surface area (Å²) in [5, 5.41) is 9.30. The highest BCUT2D eigenvalue weighted by molar-refractivity contribution is 7.92. The van der Waals surface area contributed by atoms with Gasteiger partial charge in [0.2, 0.25) is 5.89 Å². The number of carboxylic acids is 1. The molecule has 0 aliphatic heterocycles. The van der Waals surface area contributed by atoms with Gasteiger partial charge in [0.05, 0.1) is 4.90 Å². The highest BCUT2D eigenvalue weighted by Gasteiger charge is 2.22. The van der Waals surface area contributed by atoms with Crippen molar-refractivity contribution in [3.05, 3.63) is 96.4 Å². The van der Waals surface area contributed by atoms with Crippen LogP contribution in [0.15, 0.2) is 94.2 Å². The number of nitrogens with zero attached hydrogens (tertiary/aromatic N) is 1. The van der Waals surface area contributed by atoms with Crippen LogP contribution in [0.3, 0.4) is 0 Å². The number of carbonyl (C=O) groups is 1. The average Bonchev–Trinajstić information content (AvgIpc) is 3.21. The van der Waals surface area contributed by atoms with Crippen molar-refractivity contribution in [1.82, 2.24) is 4.98 Å². The van der Waals surface area contributed by atoms with E-state index in [9.17, 15) is 18.3 Å². The van der Waals surface area contributed by atoms with Crippen molar-refractivity contribution in [1.29, 1.82) is 0 Å². The molecule has 162 valence electrons. The number of hydrogen-bond donors (Lipinski definition) is 2. The summed E-state index contributed by atoms with van der Waals surface area (Å²) in [5.41, 5.74) is 0.607. The molecule has 0 saturated carbocycles. The largest absolute Gasteiger partial charge is 0.483 e. The van der Waals surface area contributed by atoms with E-state index in [1.54, 1.807) is 54.6 Å². The van der Waals surface area contributed by atoms with Crippen LogP contribution in [0.4, 0.5) is 5.82 Å². The van der Waals surface area contributed by atoms with Crippen LogP contribution in [0, 0.1) is 0 Å². The van der Waals surface area contributed by atoms with Gasteiger partial charge in [0.15, 0.2) is 18.2 Å². The standard InChI is InChI=1S/C23H18N2O6S/c26-23(27)18-13-7-8-14-19(18)30-15-20-24-22(21(31-20)16-9-3-1-4-10-16)25-32(28,29)17-11-5-2-6-12-17/h1-14,25H,15H2,(H,26,27). The van der Waals surface area contributed by atoms with Gasteiger partial charge in [-0.15, -0.1) is 0 Å². The van der Waals surface area contributed by atoms with Crippen molar-refractivity contribution in [2.75, 3.05) is 4.72 Å². The molecule has 0 spiro atoms. The Labute approximate surface area is 184 Å². The third-order valence-electron chi connectivity index (χ3n) is 4.46. The fraction of sp³-hybridized carbons (Fsp3) is 0.0435. The van der Waals surface area contributed by atoms with Crippen LogP contribution in [-0.4, -0.2) is 24.5 Å². The molecule has 4 rings (SSSR count). The smallest absolute Gasteiger partial charge is 0.339 e. The Bertz CT molecular complexity index is 1340. The predicted molar refractivity (Wildman–Crippen MR) is 117 cm³/mol. The molecule has 1 aromatic heterocycles. The Morgan fingerprint density at radius 1 is 0.938 bits per heavy atom. The summed E-state index contributed by atoms with van der Waals surface area (Å²) in [7, 11) is -3.91. The van der Waals surface area contributed by atoms with Crippen LogP contribution >= 0.6 is 0 Å². The van der Waals surface area contributed by atoms with Crippen LogP contribution in [-0.2, 0) is 16.6 Å². The molecule has 0 amide bonds. The fourth-order valence-corrected chi connectivity index (χ4v) is 4.00. The molecule has 2 N–H and O–H groups in total. The number of ether oxygens (including phenoxy) is 1. The number of hydrogen-bond acceptors (Lipinski definition) is 6. The maximum Gasteiger partial charge on any atom is 0.339 e. The molecule has 0 radical (unpaired) electrons. The molecule has 3 aromatic carbocycles. The topological polar surface area (TPSA) is 119 Å². The number of aromatic carboxylic acids is 1. The van der Waals surface area contributed by atoms with Gasteiger partial charge in [-0.05, 0) is 24.3 Å². The van der Waals surface area contributed by atoms with Crippen molar-refractivity contribution in [2.45, 2.75) is 11.5 Å². The lowest BCUT2D eigenvalue weighted by Gasteiger charge is -2.06. The Balaban J connectivity index is 1.66. The van der Waals surface area contributed by atoms with Gasteiger partial charge in [-0.3, -0.25) is 4.72 Å². The van der Waals surface area contributed by atoms with Crippen molar-refractivity contribution < 1.29 is 27.5 Å². The van der Waals surface area contributed by atoms with E-state index in [0.717, 1.165) is 0 Å². The second-order valence-electron chi connectivity index (χ2n) is 6.66. The first-order valence-corrected chi connectivity index (χ1v) is 11.0. The Morgan fingerprint density at radius 2 is 1.56 bits per heavy atom. The first-order chi connectivity index (χ1) is 15.4. The second-order valence-corrected chi connectivity index (χ2v) is 8.34. The molecular weight excluding hydrogens is 432 g/mol. The molecule has 0 saturated heterocycles. The molecule has 0 atom stereocenters. The number of carboxylic acid groups (broad SMARTS) is 1. The van der Waals surface area contributed by atoms with E-state index in [2.05, 4.69) is 9.71 Å². The zero-order valence-corrected chi connectivity index (χ0v) is 17.5. The summed E-state index contributed by atoms with van der Waals surface area (Å²) < 4.78 is 39.5. The number of sulfonamides is 1. The Kier molecular flexibility index (Phi) is 5.91. The third kappa shape index (κ3) is 4.62. The molecule has 8 nitrogen and oxygen atoms in total. The van der Waals surface area contributed by atoms with Gasteiger partial charge in [-0.2, -0.15) is 4.98 Å². The third-order valence-corrected chi connectivity index (χ3v) is 5.82. The van der Waals surface area contributed by atoms with Gasteiger partial charge in [0.1, 0.15) is 11.3 Å². The molecule has 0 aliphatic rings. The van der Waals surface area contributed by atoms with E-state index in [1.165, 1.54) is 24.3 Å². The molecule has 0 unspecified atom stereocenters. The van der Waals surface area contributed by atoms with Crippen LogP contribution < -0.4 is 9.46 Å². The Morgan fingerprint density at radius 3 is 2.25 bits per heavy atom. The molecule has 0 bridgehead atoms. The van der Waals surface area contributed by atoms with E-state index >= 15 is 0 Å². The summed E-state index contributed by atoms with van der Waals surface area (Å²) in [6.07, 6.45) is 0. The van der Waals surface area contributed by atoms with E-state index in [4.69, 9.17) is 9.15 Å². The maximum atomic E-state index is 12.8. The van der Waals surface area contributed by atoms with Gasteiger partial charge in [0, 0.05) is 5.56 Å². The van der Waals surface area contributed by atoms with Gasteiger partial charge in [-0.1, -0.05) is 60.7 Å². The van der Waals surface area contributed by atoms with E-state index in [1.807, 2.05) is 6.07 Å². The van der Waals surface area contributed by atoms with Crippen molar-refractivity contribution >= 4 is 21.8 Å². The fourth-order valence-electron chi connectivity index (χ4n) is 2.98. The SMILES string of the molecule is O=C(O)c1ccccc1OCc1nc(NS(=O)(=O)c2ccccc2)c(-c2ccccc2)o1.